The van der Waals surface area contributed by atoms with E-state index < -0.39 is 0 Å². The number of anilines is 1. The monoisotopic (exact) mass is 307 g/mol. The molecule has 120 valence electrons. The second-order valence-corrected chi connectivity index (χ2v) is 5.01. The summed E-state index contributed by atoms with van der Waals surface area (Å²) in [4.78, 5) is 17.7. The fourth-order valence-electron chi connectivity index (χ4n) is 1.85. The molecule has 0 radical (unpaired) electrons. The van der Waals surface area contributed by atoms with Gasteiger partial charge in [-0.3, -0.25) is 10.00 Å². The maximum Gasteiger partial charge on any atom is 0.323 e. The number of rotatable bonds is 7. The molecule has 22 heavy (non-hydrogen) atoms. The normalized spacial score (nSPS) is 10.7. The molecule has 2 aromatic heterocycles. The van der Waals surface area contributed by atoms with Crippen LogP contribution >= 0.6 is 0 Å². The van der Waals surface area contributed by atoms with Gasteiger partial charge in [0.25, 0.3) is 0 Å². The maximum absolute atomic E-state index is 12.1. The molecule has 0 spiro atoms. The number of aryl methyl sites for hydroxylation is 2. The van der Waals surface area contributed by atoms with Gasteiger partial charge in [-0.2, -0.15) is 4.98 Å². The SMILES string of the molecule is CCCc1noc(CN(C)C(=O)Nc2cn(CCC)nn2)n1. The second kappa shape index (κ2) is 7.53. The van der Waals surface area contributed by atoms with Gasteiger partial charge in [0.1, 0.15) is 6.54 Å². The van der Waals surface area contributed by atoms with Crippen LogP contribution in [-0.4, -0.2) is 43.1 Å². The Morgan fingerprint density at radius 3 is 2.95 bits per heavy atom. The van der Waals surface area contributed by atoms with Gasteiger partial charge in [-0.25, -0.2) is 4.79 Å². The summed E-state index contributed by atoms with van der Waals surface area (Å²) in [5, 5.41) is 14.3. The summed E-state index contributed by atoms with van der Waals surface area (Å²) < 4.78 is 6.79. The minimum absolute atomic E-state index is 0.242. The summed E-state index contributed by atoms with van der Waals surface area (Å²) in [6, 6.07) is -0.307. The molecule has 0 bridgehead atoms. The Bertz CT molecular complexity index is 607. The molecule has 1 N–H and O–H groups in total. The van der Waals surface area contributed by atoms with Gasteiger partial charge in [-0.05, 0) is 12.8 Å². The first-order chi connectivity index (χ1) is 10.6. The molecule has 0 aliphatic rings. The first kappa shape index (κ1) is 15.9. The van der Waals surface area contributed by atoms with Gasteiger partial charge in [0.05, 0.1) is 6.20 Å². The molecule has 0 unspecified atom stereocenters. The zero-order valence-electron chi connectivity index (χ0n) is 13.1. The first-order valence-electron chi connectivity index (χ1n) is 7.36. The smallest absolute Gasteiger partial charge is 0.323 e. The minimum atomic E-state index is -0.307. The van der Waals surface area contributed by atoms with Gasteiger partial charge in [-0.1, -0.05) is 24.2 Å². The molecule has 2 amide bonds. The van der Waals surface area contributed by atoms with Gasteiger partial charge in [0.2, 0.25) is 5.89 Å². The summed E-state index contributed by atoms with van der Waals surface area (Å²) in [5.41, 5.74) is 0. The molecule has 9 nitrogen and oxygen atoms in total. The predicted octanol–water partition coefficient (Wildman–Crippen LogP) is 1.69. The molecule has 0 saturated heterocycles. The molecular formula is C13H21N7O2. The molecule has 2 aromatic rings. The van der Waals surface area contributed by atoms with Crippen LogP contribution in [0.3, 0.4) is 0 Å². The van der Waals surface area contributed by atoms with E-state index in [9.17, 15) is 4.79 Å². The Kier molecular flexibility index (Phi) is 5.45. The predicted molar refractivity (Wildman–Crippen MR) is 79.1 cm³/mol. The zero-order chi connectivity index (χ0) is 15.9. The third-order valence-electron chi connectivity index (χ3n) is 2.93. The standard InChI is InChI=1S/C13H21N7O2/c1-4-6-10-14-12(22-17-10)9-19(3)13(21)15-11-8-20(7-5-2)18-16-11/h8H,4-7,9H2,1-3H3,(H,15,21). The Hall–Kier alpha value is -2.45. The number of aromatic nitrogens is 5. The highest BCUT2D eigenvalue weighted by Gasteiger charge is 2.15. The van der Waals surface area contributed by atoms with Crippen LogP contribution in [-0.2, 0) is 19.5 Å². The summed E-state index contributed by atoms with van der Waals surface area (Å²) in [5.74, 6) is 1.49. The highest BCUT2D eigenvalue weighted by atomic mass is 16.5. The van der Waals surface area contributed by atoms with Crippen molar-refractivity contribution >= 4 is 11.8 Å². The van der Waals surface area contributed by atoms with Crippen molar-refractivity contribution in [1.29, 1.82) is 0 Å². The Balaban J connectivity index is 1.87. The molecule has 0 fully saturated rings. The summed E-state index contributed by atoms with van der Waals surface area (Å²) in [6.07, 6.45) is 4.36. The number of nitrogens with one attached hydrogen (secondary N) is 1. The lowest BCUT2D eigenvalue weighted by Crippen LogP contribution is -2.31. The van der Waals surface area contributed by atoms with Crippen LogP contribution in [0.25, 0.3) is 0 Å². The molecular weight excluding hydrogens is 286 g/mol. The lowest BCUT2D eigenvalue weighted by Gasteiger charge is -2.14. The highest BCUT2D eigenvalue weighted by molar-refractivity contribution is 5.87. The van der Waals surface area contributed by atoms with E-state index in [0.717, 1.165) is 25.8 Å². The van der Waals surface area contributed by atoms with Crippen molar-refractivity contribution in [3.05, 3.63) is 17.9 Å². The molecule has 0 aliphatic heterocycles. The largest absolute Gasteiger partial charge is 0.337 e. The average molecular weight is 307 g/mol. The van der Waals surface area contributed by atoms with Gasteiger partial charge < -0.3 is 9.42 Å². The Morgan fingerprint density at radius 1 is 1.41 bits per heavy atom. The van der Waals surface area contributed by atoms with E-state index in [0.29, 0.717) is 17.5 Å². The van der Waals surface area contributed by atoms with Crippen molar-refractivity contribution in [1.82, 2.24) is 30.0 Å². The van der Waals surface area contributed by atoms with Crippen molar-refractivity contribution in [2.45, 2.75) is 46.2 Å². The van der Waals surface area contributed by atoms with Crippen molar-refractivity contribution in [2.24, 2.45) is 0 Å². The zero-order valence-corrected chi connectivity index (χ0v) is 13.1. The number of nitrogens with zero attached hydrogens (tertiary/aromatic N) is 6. The van der Waals surface area contributed by atoms with E-state index in [-0.39, 0.29) is 12.6 Å². The van der Waals surface area contributed by atoms with Crippen molar-refractivity contribution < 1.29 is 9.32 Å². The van der Waals surface area contributed by atoms with Crippen LogP contribution in [0.4, 0.5) is 10.6 Å². The molecule has 2 heterocycles. The molecule has 0 aliphatic carbocycles. The molecule has 0 aromatic carbocycles. The van der Waals surface area contributed by atoms with E-state index in [4.69, 9.17) is 4.52 Å². The van der Waals surface area contributed by atoms with Crippen LogP contribution in [0.2, 0.25) is 0 Å². The quantitative estimate of drug-likeness (QED) is 0.835. The second-order valence-electron chi connectivity index (χ2n) is 5.01. The number of amides is 2. The Morgan fingerprint density at radius 2 is 2.23 bits per heavy atom. The topological polar surface area (TPSA) is 102 Å². The molecule has 0 saturated carbocycles. The fourth-order valence-corrected chi connectivity index (χ4v) is 1.85. The molecule has 2 rings (SSSR count). The number of hydrogen-bond acceptors (Lipinski definition) is 6. The van der Waals surface area contributed by atoms with Crippen molar-refractivity contribution in [3.8, 4) is 0 Å². The summed E-state index contributed by atoms with van der Waals surface area (Å²) in [6.45, 7) is 5.10. The lowest BCUT2D eigenvalue weighted by molar-refractivity contribution is 0.213. The van der Waals surface area contributed by atoms with E-state index >= 15 is 0 Å². The third-order valence-corrected chi connectivity index (χ3v) is 2.93. The van der Waals surface area contributed by atoms with E-state index in [2.05, 4.69) is 25.8 Å². The number of carbonyl (C=O) groups is 1. The van der Waals surface area contributed by atoms with Gasteiger partial charge in [0.15, 0.2) is 11.6 Å². The molecule has 0 atom stereocenters. The van der Waals surface area contributed by atoms with Crippen LogP contribution in [0.15, 0.2) is 10.7 Å². The lowest BCUT2D eigenvalue weighted by atomic mass is 10.3. The number of carbonyl (C=O) groups excluding carboxylic acids is 1. The van der Waals surface area contributed by atoms with Crippen molar-refractivity contribution in [2.75, 3.05) is 12.4 Å². The van der Waals surface area contributed by atoms with Gasteiger partial charge in [-0.15, -0.1) is 5.10 Å². The van der Waals surface area contributed by atoms with Crippen molar-refractivity contribution in [3.63, 3.8) is 0 Å². The maximum atomic E-state index is 12.1. The first-order valence-corrected chi connectivity index (χ1v) is 7.36. The van der Waals surface area contributed by atoms with Gasteiger partial charge >= 0.3 is 6.03 Å². The third kappa shape index (κ3) is 4.27. The number of hydrogen-bond donors (Lipinski definition) is 1. The van der Waals surface area contributed by atoms with E-state index in [1.165, 1.54) is 4.90 Å². The summed E-state index contributed by atoms with van der Waals surface area (Å²) in [7, 11) is 1.65. The number of urea groups is 1. The van der Waals surface area contributed by atoms with Crippen LogP contribution < -0.4 is 5.32 Å². The minimum Gasteiger partial charge on any atom is -0.337 e. The highest BCUT2D eigenvalue weighted by Crippen LogP contribution is 2.06. The van der Waals surface area contributed by atoms with E-state index in [1.54, 1.807) is 17.9 Å². The van der Waals surface area contributed by atoms with Crippen LogP contribution in [0.1, 0.15) is 38.4 Å². The van der Waals surface area contributed by atoms with E-state index in [1.807, 2.05) is 13.8 Å². The summed E-state index contributed by atoms with van der Waals surface area (Å²) >= 11 is 0. The molecule has 9 heteroatoms. The van der Waals surface area contributed by atoms with Crippen LogP contribution in [0, 0.1) is 0 Å². The van der Waals surface area contributed by atoms with Gasteiger partial charge in [0, 0.05) is 20.0 Å². The fraction of sp³-hybridized carbons (Fsp3) is 0.615. The Labute approximate surface area is 128 Å². The van der Waals surface area contributed by atoms with Crippen LogP contribution in [0.5, 0.6) is 0 Å². The average Bonchev–Trinajstić information content (AvgIpc) is 3.09.